The summed E-state index contributed by atoms with van der Waals surface area (Å²) < 4.78 is 28.8. The first-order valence-corrected chi connectivity index (χ1v) is 36.9. The Morgan fingerprint density at radius 3 is 1.31 bits per heavy atom. The maximum absolute atomic E-state index is 15.4. The number of allylic oxidation sites excluding steroid dienone is 2. The fourth-order valence-electron chi connectivity index (χ4n) is 12.4. The van der Waals surface area contributed by atoms with Gasteiger partial charge in [-0.1, -0.05) is 123 Å². The lowest BCUT2D eigenvalue weighted by molar-refractivity contribution is -0.157. The molecule has 0 bridgehead atoms. The number of aliphatic hydroxyl groups excluding tert-OH is 1. The maximum atomic E-state index is 15.4. The van der Waals surface area contributed by atoms with Gasteiger partial charge in [0.15, 0.2) is 9.84 Å². The van der Waals surface area contributed by atoms with E-state index in [2.05, 4.69) is 21.3 Å². The highest BCUT2D eigenvalue weighted by Gasteiger charge is 2.47. The van der Waals surface area contributed by atoms with Crippen molar-refractivity contribution < 1.29 is 66.3 Å². The van der Waals surface area contributed by atoms with Crippen LogP contribution in [0.3, 0.4) is 0 Å². The van der Waals surface area contributed by atoms with Gasteiger partial charge in [-0.2, -0.15) is 0 Å². The van der Waals surface area contributed by atoms with E-state index >= 15 is 28.8 Å². The van der Waals surface area contributed by atoms with Crippen molar-refractivity contribution >= 4 is 74.8 Å². The number of amides is 11. The molecule has 27 heteroatoms. The minimum atomic E-state index is -4.20. The SMILES string of the molecule is C/C=C/C[C@@H](C)[C@@H](O)[C@H]1C(=O)N[C@@H](CC)C(=O)N(C)[C@H](CS(=O)(=O)CCCN(CC)CC)C(=O)N(C)[C@@H](CC(C)C)C(=O)N[C@@H](C(C)C)C(=O)N(C)[C@@H](CC(C)C)C(=O)N[C@@H](C)C(=O)N[C@H](C)C(=O)N(C)[C@@H](CC(C)C)C(=O)N(C)[C@@H](CC(C)C)C(=O)N(C)[C@@H](C(C)C)C(=O)N1C. The van der Waals surface area contributed by atoms with Crippen molar-refractivity contribution in [2.24, 2.45) is 41.4 Å². The third-order valence-corrected chi connectivity index (χ3v) is 20.4. The molecule has 13 atom stereocenters. The topological polar surface area (TPSA) is 316 Å². The summed E-state index contributed by atoms with van der Waals surface area (Å²) in [6, 6.07) is -15.2. The number of hydrogen-bond acceptors (Lipinski definition) is 15. The predicted molar refractivity (Wildman–Crippen MR) is 378 cm³/mol. The van der Waals surface area contributed by atoms with Gasteiger partial charge >= 0.3 is 0 Å². The van der Waals surface area contributed by atoms with E-state index in [4.69, 9.17) is 0 Å². The highest BCUT2D eigenvalue weighted by molar-refractivity contribution is 7.91. The largest absolute Gasteiger partial charge is 0.390 e. The molecule has 1 aliphatic heterocycles. The lowest BCUT2D eigenvalue weighted by atomic mass is 9.91. The first-order chi connectivity index (χ1) is 44.8. The molecule has 0 aromatic rings. The molecule has 26 nitrogen and oxygen atoms in total. The molecule has 1 heterocycles. The smallest absolute Gasteiger partial charge is 0.246 e. The van der Waals surface area contributed by atoms with Gasteiger partial charge in [0, 0.05) is 49.3 Å². The van der Waals surface area contributed by atoms with Crippen LogP contribution in [0.2, 0.25) is 0 Å². The summed E-state index contributed by atoms with van der Waals surface area (Å²) in [5.41, 5.74) is 0. The minimum absolute atomic E-state index is 0.00728. The second kappa shape index (κ2) is 40.7. The molecular weight excluding hydrogens is 1260 g/mol. The summed E-state index contributed by atoms with van der Waals surface area (Å²) in [5.74, 6) is -12.6. The number of nitrogens with one attached hydrogen (secondary N) is 4. The van der Waals surface area contributed by atoms with Gasteiger partial charge in [0.05, 0.1) is 17.6 Å². The quantitative estimate of drug-likeness (QED) is 0.0910. The Balaban J connectivity index is 4.64. The van der Waals surface area contributed by atoms with Crippen molar-refractivity contribution in [2.45, 2.75) is 249 Å². The number of carbonyl (C=O) groups is 11. The average Bonchev–Trinajstić information content (AvgIpc) is 0.813. The van der Waals surface area contributed by atoms with Crippen LogP contribution in [0, 0.1) is 41.4 Å². The second-order valence-corrected chi connectivity index (χ2v) is 31.5. The number of nitrogens with zero attached hydrogens (tertiary/aromatic N) is 8. The molecule has 0 unspecified atom stereocenters. The van der Waals surface area contributed by atoms with E-state index in [1.807, 2.05) is 60.3 Å². The summed E-state index contributed by atoms with van der Waals surface area (Å²) in [6.45, 7) is 35.0. The number of sulfone groups is 1. The molecule has 97 heavy (non-hydrogen) atoms. The standard InChI is InChI=1S/C70H128N12O14S/c1-27-31-33-47(17)59(83)58-63(87)73-50(28-2)65(89)79(24)55(40-97(95,96)35-32-34-82(29-3)30-4)68(92)75(20)52(37-42(7)8)62(86)74-56(45(13)14)69(93)76(21)51(36-41(5)6)61(85)71-48(18)60(84)72-49(19)64(88)77(22)53(38-43(9)10)66(90)78(23)54(39-44(11)12)67(91)80(25)57(46(15)16)70(94)81(58)26/h27,31,41-59,83H,28-30,32-40H2,1-26H3,(H,71,85)(H,72,84)(H,73,87)(H,74,86)/b31-27+/t47-,48+,49-,50+,51+,52+,53+,54+,55-,56+,57+,58+,59-/m1/s1. The molecule has 0 aliphatic carbocycles. The van der Waals surface area contributed by atoms with Crippen LogP contribution in [0.4, 0.5) is 0 Å². The highest BCUT2D eigenvalue weighted by Crippen LogP contribution is 2.26. The Kier molecular flexibility index (Phi) is 37.3. The van der Waals surface area contributed by atoms with Gasteiger partial charge in [0.1, 0.15) is 66.5 Å². The van der Waals surface area contributed by atoms with Crippen molar-refractivity contribution in [3.63, 3.8) is 0 Å². The molecule has 0 aromatic heterocycles. The van der Waals surface area contributed by atoms with Gasteiger partial charge in [0.25, 0.3) is 0 Å². The Labute approximate surface area is 582 Å². The molecule has 0 spiro atoms. The van der Waals surface area contributed by atoms with Gasteiger partial charge < -0.3 is 65.6 Å². The highest BCUT2D eigenvalue weighted by atomic mass is 32.2. The van der Waals surface area contributed by atoms with Crippen LogP contribution >= 0.6 is 0 Å². The van der Waals surface area contributed by atoms with E-state index in [0.717, 1.165) is 14.7 Å². The zero-order chi connectivity index (χ0) is 75.2. The number of carbonyl (C=O) groups excluding carboxylic acids is 11. The van der Waals surface area contributed by atoms with Gasteiger partial charge in [-0.25, -0.2) is 8.42 Å². The van der Waals surface area contributed by atoms with Crippen molar-refractivity contribution in [2.75, 3.05) is 80.5 Å². The molecule has 558 valence electrons. The van der Waals surface area contributed by atoms with Crippen LogP contribution in [0.25, 0.3) is 0 Å². The fourth-order valence-corrected chi connectivity index (χ4v) is 13.9. The third-order valence-electron chi connectivity index (χ3n) is 18.6. The van der Waals surface area contributed by atoms with Gasteiger partial charge in [-0.3, -0.25) is 52.7 Å². The van der Waals surface area contributed by atoms with Gasteiger partial charge in [-0.15, -0.1) is 0 Å². The van der Waals surface area contributed by atoms with Crippen LogP contribution in [0.15, 0.2) is 12.2 Å². The monoisotopic (exact) mass is 1390 g/mol. The normalized spacial score (nSPS) is 26.1. The van der Waals surface area contributed by atoms with E-state index in [1.165, 1.54) is 82.8 Å². The van der Waals surface area contributed by atoms with Gasteiger partial charge in [-0.05, 0) is 127 Å². The van der Waals surface area contributed by atoms with Crippen LogP contribution in [-0.4, -0.2) is 271 Å². The average molecular weight is 1390 g/mol. The summed E-state index contributed by atoms with van der Waals surface area (Å²) in [4.78, 5) is 174. The van der Waals surface area contributed by atoms with Crippen molar-refractivity contribution in [3.05, 3.63) is 12.2 Å². The lowest BCUT2D eigenvalue weighted by Gasteiger charge is -2.41. The molecule has 11 amide bonds. The van der Waals surface area contributed by atoms with Crippen LogP contribution in [0.1, 0.15) is 176 Å². The predicted octanol–water partition coefficient (Wildman–Crippen LogP) is 3.78. The molecular formula is C70H128N12O14S. The summed E-state index contributed by atoms with van der Waals surface area (Å²) in [6.07, 6.45) is 2.56. The van der Waals surface area contributed by atoms with Crippen LogP contribution in [-0.2, 0) is 62.6 Å². The van der Waals surface area contributed by atoms with E-state index in [-0.39, 0.29) is 74.4 Å². The number of aliphatic hydroxyl groups is 1. The van der Waals surface area contributed by atoms with Crippen molar-refractivity contribution in [1.29, 1.82) is 0 Å². The Hall–Kier alpha value is -6.22. The second-order valence-electron chi connectivity index (χ2n) is 29.3. The number of hydrogen-bond donors (Lipinski definition) is 5. The minimum Gasteiger partial charge on any atom is -0.390 e. The lowest BCUT2D eigenvalue weighted by Crippen LogP contribution is -2.64. The molecule has 5 N–H and O–H groups in total. The van der Waals surface area contributed by atoms with Crippen molar-refractivity contribution in [3.8, 4) is 0 Å². The summed E-state index contributed by atoms with van der Waals surface area (Å²) >= 11 is 0. The summed E-state index contributed by atoms with van der Waals surface area (Å²) in [7, 11) is 5.33. The zero-order valence-corrected chi connectivity index (χ0v) is 64.7. The molecule has 1 aliphatic rings. The van der Waals surface area contributed by atoms with Crippen LogP contribution in [0.5, 0.6) is 0 Å². The first-order valence-electron chi connectivity index (χ1n) is 35.1. The molecule has 1 saturated heterocycles. The molecule has 1 rings (SSSR count). The maximum Gasteiger partial charge on any atom is 0.246 e. The summed E-state index contributed by atoms with van der Waals surface area (Å²) in [5, 5.41) is 23.3. The first kappa shape index (κ1) is 88.8. The van der Waals surface area contributed by atoms with Crippen molar-refractivity contribution in [1.82, 2.24) is 60.5 Å². The van der Waals surface area contributed by atoms with E-state index in [9.17, 15) is 37.5 Å². The Morgan fingerprint density at radius 1 is 0.464 bits per heavy atom. The third kappa shape index (κ3) is 25.8. The number of rotatable bonds is 23. The molecule has 0 aromatic carbocycles. The van der Waals surface area contributed by atoms with Gasteiger partial charge in [0.2, 0.25) is 65.0 Å². The molecule has 0 saturated carbocycles. The Bertz CT molecular complexity index is 2780. The van der Waals surface area contributed by atoms with E-state index in [1.54, 1.807) is 74.5 Å². The van der Waals surface area contributed by atoms with E-state index in [0.29, 0.717) is 19.6 Å². The van der Waals surface area contributed by atoms with Crippen LogP contribution < -0.4 is 21.3 Å². The molecule has 0 radical (unpaired) electrons. The molecule has 1 fully saturated rings. The van der Waals surface area contributed by atoms with E-state index < -0.39 is 171 Å². The fraction of sp³-hybridized carbons (Fsp3) is 0.814. The number of likely N-dealkylation sites (N-methyl/N-ethyl adjacent to an activating group) is 7. The Morgan fingerprint density at radius 2 is 0.866 bits per heavy atom. The zero-order valence-electron chi connectivity index (χ0n) is 63.9.